The van der Waals surface area contributed by atoms with E-state index in [2.05, 4.69) is 95.6 Å². The van der Waals surface area contributed by atoms with E-state index in [1.54, 1.807) is 0 Å². The number of hydrogen-bond acceptors (Lipinski definition) is 0. The molecular weight excluding hydrogens is 551 g/mol. The van der Waals surface area contributed by atoms with E-state index >= 15 is 0 Å². The quantitative estimate of drug-likeness (QED) is 0.346. The van der Waals surface area contributed by atoms with Gasteiger partial charge in [-0.2, -0.15) is 0 Å². The van der Waals surface area contributed by atoms with Crippen molar-refractivity contribution >= 4 is 95.6 Å². The largest absolute Gasteiger partial charge is 0.0822 e. The minimum absolute atomic E-state index is 0.353. The lowest BCUT2D eigenvalue weighted by molar-refractivity contribution is 0.897. The molecule has 1 fully saturated rings. The Bertz CT molecular complexity index is 229. The maximum atomic E-state index is 3.56. The molecule has 0 aromatic heterocycles. The summed E-state index contributed by atoms with van der Waals surface area (Å²) in [6.07, 6.45) is 0. The molecule has 68 valence electrons. The molecule has 0 aromatic rings. The molecule has 0 N–H and O–H groups in total. The smallest absolute Gasteiger partial charge is 0.0651 e. The van der Waals surface area contributed by atoms with Crippen LogP contribution in [0, 0.1) is 0 Å². The lowest BCUT2D eigenvalue weighted by atomic mass is 9.88. The molecule has 1 rings (SSSR count). The Hall–Kier alpha value is 2.36. The lowest BCUT2D eigenvalue weighted by Gasteiger charge is -2.35. The average molecular weight is 554 g/mol. The van der Waals surface area contributed by atoms with Gasteiger partial charge in [-0.25, -0.2) is 0 Å². The maximum Gasteiger partial charge on any atom is 0.0651 e. The van der Waals surface area contributed by atoms with Gasteiger partial charge in [0.25, 0.3) is 0 Å². The summed E-state index contributed by atoms with van der Waals surface area (Å²) in [7, 11) is 0. The molecular formula is C6H2Br6. The van der Waals surface area contributed by atoms with E-state index < -0.39 is 0 Å². The molecule has 1 aliphatic carbocycles. The van der Waals surface area contributed by atoms with E-state index in [0.717, 1.165) is 6.78 Å². The number of halogens is 6. The van der Waals surface area contributed by atoms with E-state index in [-0.39, 0.29) is 0 Å². The van der Waals surface area contributed by atoms with Crippen LogP contribution in [0.3, 0.4) is 0 Å². The fourth-order valence-electron chi connectivity index (χ4n) is 0.906. The predicted molar refractivity (Wildman–Crippen MR) is 75.2 cm³/mol. The van der Waals surface area contributed by atoms with Gasteiger partial charge in [-0.15, -0.1) is 0 Å². The van der Waals surface area contributed by atoms with Gasteiger partial charge >= 0.3 is 0 Å². The van der Waals surface area contributed by atoms with Crippen LogP contribution in [0.1, 0.15) is 0 Å². The van der Waals surface area contributed by atoms with Crippen molar-refractivity contribution in [1.29, 1.82) is 0 Å². The first-order valence-electron chi connectivity index (χ1n) is 2.85. The molecule has 2 atom stereocenters. The van der Waals surface area contributed by atoms with Crippen LogP contribution in [0.15, 0.2) is 17.9 Å². The second-order valence-corrected chi connectivity index (χ2v) is 9.42. The van der Waals surface area contributed by atoms with Crippen LogP contribution in [-0.2, 0) is 0 Å². The van der Waals surface area contributed by atoms with Gasteiger partial charge in [0.05, 0.1) is 16.4 Å². The van der Waals surface area contributed by atoms with E-state index in [1.165, 1.54) is 11.1 Å². The number of hydrogen-bond donors (Lipinski definition) is 0. The van der Waals surface area contributed by atoms with Crippen molar-refractivity contribution in [1.82, 2.24) is 0 Å². The van der Waals surface area contributed by atoms with Crippen LogP contribution in [0.5, 0.6) is 0 Å². The molecule has 12 heavy (non-hydrogen) atoms. The molecule has 0 aromatic carbocycles. The van der Waals surface area contributed by atoms with Crippen LogP contribution in [-0.4, -0.2) is 9.65 Å². The van der Waals surface area contributed by atoms with Gasteiger partial charge in [-0.3, -0.25) is 0 Å². The Morgan fingerprint density at radius 1 is 0.750 bits per heavy atom. The van der Waals surface area contributed by atoms with Crippen molar-refractivity contribution in [3.8, 4) is 0 Å². The Kier molecular flexibility index (Phi) is 5.10. The summed E-state index contributed by atoms with van der Waals surface area (Å²) in [5, 5.41) is 0. The first-order valence-corrected chi connectivity index (χ1v) is 7.86. The third kappa shape index (κ3) is 2.30. The van der Waals surface area contributed by atoms with E-state index in [4.69, 9.17) is 0 Å². The number of rotatable bonds is 0. The summed E-state index contributed by atoms with van der Waals surface area (Å²) in [5.41, 5.74) is 2.45. The minimum atomic E-state index is 0.353. The molecule has 0 bridgehead atoms. The molecule has 1 aliphatic rings. The Morgan fingerprint density at radius 2 is 1.00 bits per heavy atom. The van der Waals surface area contributed by atoms with Crippen LogP contribution in [0.2, 0.25) is 0 Å². The first-order chi connectivity index (χ1) is 5.46. The summed E-state index contributed by atoms with van der Waals surface area (Å²) < 4.78 is 1.97. The predicted octanol–water partition coefficient (Wildman–Crippen LogP) is 5.53. The van der Waals surface area contributed by atoms with Crippen molar-refractivity contribution in [3.05, 3.63) is 17.9 Å². The van der Waals surface area contributed by atoms with Gasteiger partial charge in [-0.1, -0.05) is 31.9 Å². The second kappa shape index (κ2) is 4.92. The SMILES string of the molecule is BrC(Br)=C1C(=C(Br)Br)[C@@H](Br)[C@@H]1Br. The van der Waals surface area contributed by atoms with Gasteiger partial charge in [0.1, 0.15) is 0 Å². The molecule has 1 saturated carbocycles. The van der Waals surface area contributed by atoms with Crippen LogP contribution in [0.4, 0.5) is 0 Å². The monoisotopic (exact) mass is 548 g/mol. The van der Waals surface area contributed by atoms with Crippen LogP contribution >= 0.6 is 95.6 Å². The summed E-state index contributed by atoms with van der Waals surface area (Å²) in [4.78, 5) is 0.706. The summed E-state index contributed by atoms with van der Waals surface area (Å²) in [6.45, 7) is 0. The summed E-state index contributed by atoms with van der Waals surface area (Å²) >= 11 is 20.7. The zero-order chi connectivity index (χ0) is 9.46. The fourth-order valence-corrected chi connectivity index (χ4v) is 5.45. The highest BCUT2D eigenvalue weighted by Crippen LogP contribution is 2.51. The van der Waals surface area contributed by atoms with Gasteiger partial charge in [0.2, 0.25) is 0 Å². The van der Waals surface area contributed by atoms with E-state index in [0.29, 0.717) is 9.65 Å². The van der Waals surface area contributed by atoms with Crippen molar-refractivity contribution in [2.75, 3.05) is 0 Å². The maximum absolute atomic E-state index is 3.56. The highest BCUT2D eigenvalue weighted by Gasteiger charge is 2.40. The van der Waals surface area contributed by atoms with Crippen molar-refractivity contribution in [3.63, 3.8) is 0 Å². The Labute approximate surface area is 121 Å². The molecule has 0 amide bonds. The van der Waals surface area contributed by atoms with Crippen molar-refractivity contribution in [2.45, 2.75) is 9.65 Å². The molecule has 0 unspecified atom stereocenters. The summed E-state index contributed by atoms with van der Waals surface area (Å²) in [5.74, 6) is 0. The standard InChI is InChI=1S/C6H2Br6/c7-3-1(5(9)10)2(4(3)8)6(11)12/h3-4H/t3-,4-/m1/s1. The molecule has 0 radical (unpaired) electrons. The normalized spacial score (nSPS) is 28.5. The zero-order valence-electron chi connectivity index (χ0n) is 5.42. The molecule has 0 heterocycles. The fraction of sp³-hybridized carbons (Fsp3) is 0.333. The van der Waals surface area contributed by atoms with Gasteiger partial charge < -0.3 is 0 Å². The van der Waals surface area contributed by atoms with Crippen LogP contribution < -0.4 is 0 Å². The van der Waals surface area contributed by atoms with Gasteiger partial charge in [0.15, 0.2) is 0 Å². The summed E-state index contributed by atoms with van der Waals surface area (Å²) in [6, 6.07) is 0. The van der Waals surface area contributed by atoms with Crippen molar-refractivity contribution in [2.24, 2.45) is 0 Å². The molecule has 6 heteroatoms. The highest BCUT2D eigenvalue weighted by molar-refractivity contribution is 9.28. The Morgan fingerprint density at radius 3 is 1.17 bits per heavy atom. The van der Waals surface area contributed by atoms with Gasteiger partial charge in [-0.05, 0) is 74.9 Å². The number of alkyl halides is 2. The van der Waals surface area contributed by atoms with Crippen molar-refractivity contribution < 1.29 is 0 Å². The van der Waals surface area contributed by atoms with E-state index in [1.807, 2.05) is 0 Å². The second-order valence-electron chi connectivity index (χ2n) is 2.15. The highest BCUT2D eigenvalue weighted by atomic mass is 79.9. The molecule has 0 spiro atoms. The average Bonchev–Trinajstić information content (AvgIpc) is 1.96. The topological polar surface area (TPSA) is 0 Å². The third-order valence-electron chi connectivity index (χ3n) is 1.51. The Balaban J connectivity index is 3.08. The van der Waals surface area contributed by atoms with E-state index in [9.17, 15) is 0 Å². The lowest BCUT2D eigenvalue weighted by Crippen LogP contribution is -2.34. The van der Waals surface area contributed by atoms with Crippen LogP contribution in [0.25, 0.3) is 0 Å². The third-order valence-corrected chi connectivity index (χ3v) is 5.90. The molecule has 0 nitrogen and oxygen atoms in total. The molecule has 0 saturated heterocycles. The first kappa shape index (κ1) is 12.4. The van der Waals surface area contributed by atoms with Gasteiger partial charge in [0, 0.05) is 0 Å². The molecule has 0 aliphatic heterocycles. The zero-order valence-corrected chi connectivity index (χ0v) is 14.9. The minimum Gasteiger partial charge on any atom is -0.0822 e. The number of allylic oxidation sites excluding steroid dienone is 2.